The van der Waals surface area contributed by atoms with Gasteiger partial charge in [0.1, 0.15) is 5.75 Å². The minimum absolute atomic E-state index is 0.104. The van der Waals surface area contributed by atoms with E-state index in [9.17, 15) is 8.42 Å². The lowest BCUT2D eigenvalue weighted by Crippen LogP contribution is -2.30. The summed E-state index contributed by atoms with van der Waals surface area (Å²) in [7, 11) is -3.50. The Kier molecular flexibility index (Phi) is 3.58. The highest BCUT2D eigenvalue weighted by molar-refractivity contribution is 7.89. The second kappa shape index (κ2) is 5.62. The Bertz CT molecular complexity index is 821. The second-order valence-electron chi connectivity index (χ2n) is 5.92. The van der Waals surface area contributed by atoms with Crippen molar-refractivity contribution in [3.05, 3.63) is 53.9 Å². The summed E-state index contributed by atoms with van der Waals surface area (Å²) in [5.74, 6) is 0.802. The van der Waals surface area contributed by atoms with Gasteiger partial charge in [-0.05, 0) is 54.3 Å². The van der Waals surface area contributed by atoms with Gasteiger partial charge in [0.2, 0.25) is 10.0 Å². The summed E-state index contributed by atoms with van der Waals surface area (Å²) in [5, 5.41) is 0. The average Bonchev–Trinajstić information content (AvgIpc) is 3.24. The molecule has 0 N–H and O–H groups in total. The number of rotatable bonds is 3. The Morgan fingerprint density at radius 3 is 2.83 bits per heavy atom. The molecule has 0 unspecified atom stereocenters. The third-order valence-electron chi connectivity index (χ3n) is 4.56. The van der Waals surface area contributed by atoms with Crippen molar-refractivity contribution >= 4 is 10.0 Å². The van der Waals surface area contributed by atoms with Crippen molar-refractivity contribution in [2.24, 2.45) is 0 Å². The van der Waals surface area contributed by atoms with Crippen molar-refractivity contribution in [1.82, 2.24) is 9.29 Å². The zero-order valence-electron chi connectivity index (χ0n) is 12.7. The zero-order valence-corrected chi connectivity index (χ0v) is 13.5. The fraction of sp³-hybridized carbons (Fsp3) is 0.353. The van der Waals surface area contributed by atoms with E-state index >= 15 is 0 Å². The van der Waals surface area contributed by atoms with Crippen molar-refractivity contribution in [1.29, 1.82) is 0 Å². The van der Waals surface area contributed by atoms with Crippen LogP contribution in [0.25, 0.3) is 0 Å². The minimum Gasteiger partial charge on any atom is -0.493 e. The van der Waals surface area contributed by atoms with E-state index in [0.29, 0.717) is 18.0 Å². The van der Waals surface area contributed by atoms with Crippen LogP contribution in [0.5, 0.6) is 5.75 Å². The highest BCUT2D eigenvalue weighted by atomic mass is 32.2. The van der Waals surface area contributed by atoms with Crippen LogP contribution in [0.2, 0.25) is 0 Å². The molecule has 4 rings (SSSR count). The largest absolute Gasteiger partial charge is 0.493 e. The highest BCUT2D eigenvalue weighted by Gasteiger charge is 2.36. The summed E-state index contributed by atoms with van der Waals surface area (Å²) in [4.78, 5) is 4.38. The molecule has 1 aromatic heterocycles. The molecule has 1 saturated heterocycles. The van der Waals surface area contributed by atoms with Gasteiger partial charge in [0.05, 0.1) is 17.5 Å². The van der Waals surface area contributed by atoms with Crippen molar-refractivity contribution in [3.8, 4) is 5.75 Å². The summed E-state index contributed by atoms with van der Waals surface area (Å²) in [6.45, 7) is 1.19. The number of hydrogen-bond acceptors (Lipinski definition) is 4. The van der Waals surface area contributed by atoms with Crippen LogP contribution >= 0.6 is 0 Å². The van der Waals surface area contributed by atoms with Crippen LogP contribution in [0.4, 0.5) is 0 Å². The van der Waals surface area contributed by atoms with Crippen molar-refractivity contribution in [2.45, 2.75) is 30.2 Å². The fourth-order valence-corrected chi connectivity index (χ4v) is 5.14. The van der Waals surface area contributed by atoms with Gasteiger partial charge in [-0.2, -0.15) is 4.31 Å². The first-order chi connectivity index (χ1) is 11.2. The molecule has 2 aliphatic heterocycles. The molecule has 23 heavy (non-hydrogen) atoms. The van der Waals surface area contributed by atoms with Gasteiger partial charge in [0, 0.05) is 25.4 Å². The molecule has 0 amide bonds. The van der Waals surface area contributed by atoms with Crippen molar-refractivity contribution in [3.63, 3.8) is 0 Å². The summed E-state index contributed by atoms with van der Waals surface area (Å²) >= 11 is 0. The quantitative estimate of drug-likeness (QED) is 0.868. The summed E-state index contributed by atoms with van der Waals surface area (Å²) in [6.07, 6.45) is 5.92. The van der Waals surface area contributed by atoms with Gasteiger partial charge in [-0.15, -0.1) is 0 Å². The third kappa shape index (κ3) is 2.52. The van der Waals surface area contributed by atoms with Crippen molar-refractivity contribution < 1.29 is 13.2 Å². The molecule has 0 saturated carbocycles. The van der Waals surface area contributed by atoms with Gasteiger partial charge in [-0.1, -0.05) is 0 Å². The van der Waals surface area contributed by atoms with Gasteiger partial charge >= 0.3 is 0 Å². The van der Waals surface area contributed by atoms with Gasteiger partial charge in [-0.25, -0.2) is 8.42 Å². The number of ether oxygens (including phenoxy) is 1. The Labute approximate surface area is 136 Å². The molecule has 3 heterocycles. The fourth-order valence-electron chi connectivity index (χ4n) is 3.41. The number of nitrogens with zero attached hydrogens (tertiary/aromatic N) is 2. The first kappa shape index (κ1) is 14.7. The smallest absolute Gasteiger partial charge is 0.243 e. The molecule has 1 aromatic carbocycles. The van der Waals surface area contributed by atoms with E-state index in [4.69, 9.17) is 4.74 Å². The number of sulfonamides is 1. The maximum atomic E-state index is 13.1. The van der Waals surface area contributed by atoms with E-state index in [0.717, 1.165) is 36.1 Å². The first-order valence-corrected chi connectivity index (χ1v) is 9.28. The number of benzene rings is 1. The van der Waals surface area contributed by atoms with Crippen LogP contribution in [0.3, 0.4) is 0 Å². The lowest BCUT2D eigenvalue weighted by atomic mass is 10.1. The van der Waals surface area contributed by atoms with Crippen LogP contribution < -0.4 is 4.74 Å². The Hall–Kier alpha value is -1.92. The van der Waals surface area contributed by atoms with Gasteiger partial charge < -0.3 is 4.74 Å². The van der Waals surface area contributed by atoms with E-state index in [1.54, 1.807) is 34.9 Å². The Morgan fingerprint density at radius 2 is 2.00 bits per heavy atom. The molecule has 0 bridgehead atoms. The second-order valence-corrected chi connectivity index (χ2v) is 7.81. The van der Waals surface area contributed by atoms with Gasteiger partial charge in [0.25, 0.3) is 0 Å². The topological polar surface area (TPSA) is 59.5 Å². The Morgan fingerprint density at radius 1 is 1.17 bits per heavy atom. The molecule has 0 aliphatic carbocycles. The van der Waals surface area contributed by atoms with E-state index < -0.39 is 10.0 Å². The summed E-state index contributed by atoms with van der Waals surface area (Å²) in [6, 6.07) is 8.88. The zero-order chi connectivity index (χ0) is 15.9. The number of aromatic nitrogens is 1. The number of hydrogen-bond donors (Lipinski definition) is 0. The lowest BCUT2D eigenvalue weighted by Gasteiger charge is -2.24. The van der Waals surface area contributed by atoms with Crippen LogP contribution in [-0.4, -0.2) is 30.9 Å². The van der Waals surface area contributed by atoms with Gasteiger partial charge in [0.15, 0.2) is 0 Å². The number of fused-ring (bicyclic) bond motifs is 1. The molecule has 5 nitrogen and oxygen atoms in total. The normalized spacial score (nSPS) is 21.1. The monoisotopic (exact) mass is 330 g/mol. The van der Waals surface area contributed by atoms with Crippen LogP contribution in [0.1, 0.15) is 30.0 Å². The van der Waals surface area contributed by atoms with Crippen LogP contribution in [0, 0.1) is 0 Å². The average molecular weight is 330 g/mol. The summed E-state index contributed by atoms with van der Waals surface area (Å²) < 4.78 is 33.3. The standard InChI is InChI=1S/C17H18N2O3S/c20-23(21,15-3-4-17-14(12-15)7-11-22-17)19-10-1-2-16(19)13-5-8-18-9-6-13/h3-6,8-9,12,16H,1-2,7,10-11H2/t16-/m1/s1. The predicted molar refractivity (Wildman–Crippen MR) is 85.7 cm³/mol. The summed E-state index contributed by atoms with van der Waals surface area (Å²) in [5.41, 5.74) is 1.98. The third-order valence-corrected chi connectivity index (χ3v) is 6.47. The maximum absolute atomic E-state index is 13.1. The number of pyridine rings is 1. The molecule has 6 heteroatoms. The van der Waals surface area contributed by atoms with E-state index in [-0.39, 0.29) is 6.04 Å². The molecular weight excluding hydrogens is 312 g/mol. The van der Waals surface area contributed by atoms with E-state index in [1.807, 2.05) is 12.1 Å². The maximum Gasteiger partial charge on any atom is 0.243 e. The molecule has 2 aromatic rings. The van der Waals surface area contributed by atoms with Crippen LogP contribution in [-0.2, 0) is 16.4 Å². The van der Waals surface area contributed by atoms with E-state index in [2.05, 4.69) is 4.98 Å². The molecule has 1 atom stereocenters. The Balaban J connectivity index is 1.70. The minimum atomic E-state index is -3.50. The first-order valence-electron chi connectivity index (χ1n) is 7.84. The lowest BCUT2D eigenvalue weighted by molar-refractivity contribution is 0.356. The van der Waals surface area contributed by atoms with E-state index in [1.165, 1.54) is 0 Å². The molecule has 120 valence electrons. The van der Waals surface area contributed by atoms with Crippen LogP contribution in [0.15, 0.2) is 47.6 Å². The molecule has 1 fully saturated rings. The highest BCUT2D eigenvalue weighted by Crippen LogP contribution is 2.37. The molecular formula is C17H18N2O3S. The molecule has 0 radical (unpaired) electrons. The van der Waals surface area contributed by atoms with Gasteiger partial charge in [-0.3, -0.25) is 4.98 Å². The predicted octanol–water partition coefficient (Wildman–Crippen LogP) is 2.54. The van der Waals surface area contributed by atoms with Crippen molar-refractivity contribution in [2.75, 3.05) is 13.2 Å². The SMILES string of the molecule is O=S(=O)(c1ccc2c(c1)CCO2)N1CCC[C@@H]1c1ccncc1. The molecule has 2 aliphatic rings. The molecule has 0 spiro atoms.